The van der Waals surface area contributed by atoms with Gasteiger partial charge in [-0.1, -0.05) is 259 Å². The van der Waals surface area contributed by atoms with Gasteiger partial charge in [-0.3, -0.25) is 14.4 Å². The van der Waals surface area contributed by atoms with E-state index in [4.69, 9.17) is 14.2 Å². The van der Waals surface area contributed by atoms with Crippen molar-refractivity contribution in [3.8, 4) is 0 Å². The average molecular weight is 849 g/mol. The summed E-state index contributed by atoms with van der Waals surface area (Å²) in [6.45, 7) is 11.4. The molecule has 0 saturated heterocycles. The van der Waals surface area contributed by atoms with Gasteiger partial charge in [0, 0.05) is 19.3 Å². The van der Waals surface area contributed by atoms with E-state index in [-0.39, 0.29) is 31.1 Å². The molecule has 1 atom stereocenters. The first kappa shape index (κ1) is 58.4. The summed E-state index contributed by atoms with van der Waals surface area (Å²) in [5.41, 5.74) is 0. The molecule has 0 aromatic carbocycles. The second-order valence-electron chi connectivity index (χ2n) is 19.5. The van der Waals surface area contributed by atoms with Crippen LogP contribution in [-0.4, -0.2) is 37.2 Å². The van der Waals surface area contributed by atoms with E-state index in [1.165, 1.54) is 186 Å². The minimum Gasteiger partial charge on any atom is -0.462 e. The maximum absolute atomic E-state index is 12.8. The smallest absolute Gasteiger partial charge is 0.306 e. The van der Waals surface area contributed by atoms with E-state index in [1.54, 1.807) is 0 Å². The van der Waals surface area contributed by atoms with Crippen LogP contribution in [0.15, 0.2) is 0 Å². The summed E-state index contributed by atoms with van der Waals surface area (Å²) in [7, 11) is 0. The lowest BCUT2D eigenvalue weighted by Gasteiger charge is -2.18. The highest BCUT2D eigenvalue weighted by Crippen LogP contribution is 2.17. The molecule has 0 spiro atoms. The molecule has 6 nitrogen and oxygen atoms in total. The maximum atomic E-state index is 12.8. The Bertz CT molecular complexity index is 916. The second kappa shape index (κ2) is 46.9. The van der Waals surface area contributed by atoms with Crippen molar-refractivity contribution >= 4 is 17.9 Å². The van der Waals surface area contributed by atoms with Crippen molar-refractivity contribution in [2.24, 2.45) is 11.8 Å². The van der Waals surface area contributed by atoms with Crippen LogP contribution in [0.4, 0.5) is 0 Å². The summed E-state index contributed by atoms with van der Waals surface area (Å²) < 4.78 is 16.8. The molecular weight excluding hydrogens is 745 g/mol. The third kappa shape index (κ3) is 47.5. The van der Waals surface area contributed by atoms with Gasteiger partial charge >= 0.3 is 17.9 Å². The Hall–Kier alpha value is -1.59. The van der Waals surface area contributed by atoms with Gasteiger partial charge in [-0.15, -0.1) is 0 Å². The van der Waals surface area contributed by atoms with Gasteiger partial charge in [-0.25, -0.2) is 0 Å². The predicted molar refractivity (Wildman–Crippen MR) is 256 cm³/mol. The molecule has 0 rings (SSSR count). The summed E-state index contributed by atoms with van der Waals surface area (Å²) in [6, 6.07) is 0. The molecule has 60 heavy (non-hydrogen) atoms. The first-order chi connectivity index (χ1) is 29.2. The Morgan fingerprint density at radius 1 is 0.317 bits per heavy atom. The van der Waals surface area contributed by atoms with Crippen molar-refractivity contribution in [2.45, 2.75) is 304 Å². The zero-order valence-corrected chi connectivity index (χ0v) is 41.1. The SMILES string of the molecule is CCCCCCCCCCCCCCCC(=O)OC[C@H](COC(=O)CCCCCCCCCCCCC(C)C)OC(=O)CCCCCCCCCCCCCCCC(C)C. The molecule has 356 valence electrons. The monoisotopic (exact) mass is 849 g/mol. The molecule has 0 N–H and O–H groups in total. The average Bonchev–Trinajstić information content (AvgIpc) is 3.22. The Morgan fingerprint density at radius 2 is 0.550 bits per heavy atom. The molecule has 0 aliphatic carbocycles. The normalized spacial score (nSPS) is 12.1. The van der Waals surface area contributed by atoms with Crippen LogP contribution >= 0.6 is 0 Å². The molecule has 0 radical (unpaired) electrons. The lowest BCUT2D eigenvalue weighted by atomic mass is 10.0. The number of unbranched alkanes of at least 4 members (excludes halogenated alkanes) is 33. The van der Waals surface area contributed by atoms with E-state index in [1.807, 2.05) is 0 Å². The zero-order chi connectivity index (χ0) is 44.0. The molecule has 0 bridgehead atoms. The highest BCUT2D eigenvalue weighted by Gasteiger charge is 2.19. The fourth-order valence-corrected chi connectivity index (χ4v) is 8.17. The van der Waals surface area contributed by atoms with Crippen LogP contribution in [0.25, 0.3) is 0 Å². The summed E-state index contributed by atoms with van der Waals surface area (Å²) in [6.07, 6.45) is 48.0. The van der Waals surface area contributed by atoms with Crippen LogP contribution in [0.3, 0.4) is 0 Å². The first-order valence-corrected chi connectivity index (χ1v) is 26.7. The summed E-state index contributed by atoms with van der Waals surface area (Å²) in [4.78, 5) is 38.0. The number of hydrogen-bond donors (Lipinski definition) is 0. The predicted octanol–water partition coefficient (Wildman–Crippen LogP) is 17.3. The van der Waals surface area contributed by atoms with E-state index in [0.717, 1.165) is 69.6 Å². The fraction of sp³-hybridized carbons (Fsp3) is 0.944. The van der Waals surface area contributed by atoms with E-state index in [0.29, 0.717) is 19.3 Å². The van der Waals surface area contributed by atoms with Crippen molar-refractivity contribution in [1.82, 2.24) is 0 Å². The van der Waals surface area contributed by atoms with Gasteiger partial charge in [-0.2, -0.15) is 0 Å². The second-order valence-corrected chi connectivity index (χ2v) is 19.5. The Balaban J connectivity index is 4.31. The van der Waals surface area contributed by atoms with Crippen molar-refractivity contribution in [1.29, 1.82) is 0 Å². The summed E-state index contributed by atoms with van der Waals surface area (Å²) >= 11 is 0. The van der Waals surface area contributed by atoms with Gasteiger partial charge in [0.2, 0.25) is 0 Å². The van der Waals surface area contributed by atoms with Crippen molar-refractivity contribution in [3.05, 3.63) is 0 Å². The molecular formula is C54H104O6. The number of carbonyl (C=O) groups is 3. The molecule has 0 aromatic heterocycles. The number of hydrogen-bond acceptors (Lipinski definition) is 6. The lowest BCUT2D eigenvalue weighted by Crippen LogP contribution is -2.30. The molecule has 0 heterocycles. The number of ether oxygens (including phenoxy) is 3. The van der Waals surface area contributed by atoms with Gasteiger partial charge < -0.3 is 14.2 Å². The summed E-state index contributed by atoms with van der Waals surface area (Å²) in [5.74, 6) is 0.811. The van der Waals surface area contributed by atoms with Crippen LogP contribution in [0, 0.1) is 11.8 Å². The standard InChI is InChI=1S/C54H104O6/c1-6-7-8-9-10-11-12-14-18-24-29-34-39-44-52(55)58-47-51(48-59-53(56)45-40-35-30-25-21-20-23-28-33-38-43-50(4)5)60-54(57)46-41-36-31-26-19-16-13-15-17-22-27-32-37-42-49(2)3/h49-51H,6-48H2,1-5H3/t51-/m1/s1. The Morgan fingerprint density at radius 3 is 0.817 bits per heavy atom. The highest BCUT2D eigenvalue weighted by atomic mass is 16.6. The molecule has 0 unspecified atom stereocenters. The van der Waals surface area contributed by atoms with E-state index >= 15 is 0 Å². The van der Waals surface area contributed by atoms with E-state index < -0.39 is 6.10 Å². The van der Waals surface area contributed by atoms with Crippen LogP contribution in [-0.2, 0) is 28.6 Å². The topological polar surface area (TPSA) is 78.9 Å². The van der Waals surface area contributed by atoms with Crippen LogP contribution in [0.5, 0.6) is 0 Å². The number of rotatable bonds is 48. The van der Waals surface area contributed by atoms with Crippen LogP contribution < -0.4 is 0 Å². The van der Waals surface area contributed by atoms with Gasteiger partial charge in [0.15, 0.2) is 6.10 Å². The third-order valence-electron chi connectivity index (χ3n) is 12.2. The summed E-state index contributed by atoms with van der Waals surface area (Å²) in [5, 5.41) is 0. The van der Waals surface area contributed by atoms with Gasteiger partial charge in [0.25, 0.3) is 0 Å². The molecule has 0 saturated carbocycles. The van der Waals surface area contributed by atoms with Gasteiger partial charge in [0.1, 0.15) is 13.2 Å². The molecule has 6 heteroatoms. The quantitative estimate of drug-likeness (QED) is 0.0345. The molecule has 0 aliphatic rings. The van der Waals surface area contributed by atoms with Gasteiger partial charge in [-0.05, 0) is 31.1 Å². The van der Waals surface area contributed by atoms with E-state index in [9.17, 15) is 14.4 Å². The van der Waals surface area contributed by atoms with Crippen molar-refractivity contribution in [3.63, 3.8) is 0 Å². The Kier molecular flexibility index (Phi) is 45.7. The highest BCUT2D eigenvalue weighted by molar-refractivity contribution is 5.71. The fourth-order valence-electron chi connectivity index (χ4n) is 8.17. The third-order valence-corrected chi connectivity index (χ3v) is 12.2. The van der Waals surface area contributed by atoms with Crippen LogP contribution in [0.2, 0.25) is 0 Å². The molecule has 0 aromatic rings. The number of carbonyl (C=O) groups excluding carboxylic acids is 3. The lowest BCUT2D eigenvalue weighted by molar-refractivity contribution is -0.167. The number of esters is 3. The minimum atomic E-state index is -0.762. The van der Waals surface area contributed by atoms with Crippen LogP contribution in [0.1, 0.15) is 298 Å². The largest absolute Gasteiger partial charge is 0.462 e. The van der Waals surface area contributed by atoms with Crippen molar-refractivity contribution in [2.75, 3.05) is 13.2 Å². The zero-order valence-electron chi connectivity index (χ0n) is 41.1. The minimum absolute atomic E-state index is 0.0633. The van der Waals surface area contributed by atoms with Crippen molar-refractivity contribution < 1.29 is 28.6 Å². The van der Waals surface area contributed by atoms with Gasteiger partial charge in [0.05, 0.1) is 0 Å². The maximum Gasteiger partial charge on any atom is 0.306 e. The van der Waals surface area contributed by atoms with E-state index in [2.05, 4.69) is 34.6 Å². The first-order valence-electron chi connectivity index (χ1n) is 26.7. The molecule has 0 fully saturated rings. The molecule has 0 aliphatic heterocycles. The Labute approximate surface area is 374 Å². The molecule has 0 amide bonds.